The van der Waals surface area contributed by atoms with Crippen molar-refractivity contribution in [2.45, 2.75) is 38.7 Å². The lowest BCUT2D eigenvalue weighted by atomic mass is 9.86. The van der Waals surface area contributed by atoms with Crippen LogP contribution in [0.1, 0.15) is 49.0 Å². The molecule has 0 bridgehead atoms. The molecule has 0 saturated heterocycles. The third kappa shape index (κ3) is 3.40. The molecule has 1 rings (SSSR count). The molecular weight excluding hydrogens is 230 g/mol. The van der Waals surface area contributed by atoms with E-state index in [0.717, 1.165) is 0 Å². The van der Waals surface area contributed by atoms with Crippen LogP contribution < -0.4 is 5.73 Å². The standard InChI is InChI=1S/C14H19NO3/c1-3-14(18,9-8-10(2)16)12-6-4-11(5-7-12)13(15)17/h4-7,18H,3,8-9H2,1-2H3,(H2,15,17). The maximum Gasteiger partial charge on any atom is 0.248 e. The molecule has 0 saturated carbocycles. The average Bonchev–Trinajstić information content (AvgIpc) is 2.36. The Morgan fingerprint density at radius 3 is 2.22 bits per heavy atom. The summed E-state index contributed by atoms with van der Waals surface area (Å²) in [6.07, 6.45) is 1.23. The molecule has 98 valence electrons. The highest BCUT2D eigenvalue weighted by Gasteiger charge is 2.27. The van der Waals surface area contributed by atoms with Gasteiger partial charge in [0.1, 0.15) is 5.78 Å². The Labute approximate surface area is 107 Å². The van der Waals surface area contributed by atoms with Crippen molar-refractivity contribution in [2.24, 2.45) is 5.73 Å². The van der Waals surface area contributed by atoms with Gasteiger partial charge in [-0.25, -0.2) is 0 Å². The Hall–Kier alpha value is -1.68. The molecular formula is C14H19NO3. The Balaban J connectivity index is 2.93. The number of primary amides is 1. The number of carbonyl (C=O) groups is 2. The highest BCUT2D eigenvalue weighted by Crippen LogP contribution is 2.30. The molecule has 0 aliphatic rings. The number of hydrogen-bond acceptors (Lipinski definition) is 3. The van der Waals surface area contributed by atoms with E-state index in [1.54, 1.807) is 24.3 Å². The van der Waals surface area contributed by atoms with Crippen LogP contribution in [0.15, 0.2) is 24.3 Å². The second kappa shape index (κ2) is 5.78. The molecule has 0 heterocycles. The largest absolute Gasteiger partial charge is 0.385 e. The van der Waals surface area contributed by atoms with Crippen LogP contribution in [0.4, 0.5) is 0 Å². The molecule has 1 aromatic rings. The maximum absolute atomic E-state index is 11.0. The highest BCUT2D eigenvalue weighted by atomic mass is 16.3. The van der Waals surface area contributed by atoms with Gasteiger partial charge in [0, 0.05) is 12.0 Å². The number of carbonyl (C=O) groups excluding carboxylic acids is 2. The van der Waals surface area contributed by atoms with Crippen molar-refractivity contribution < 1.29 is 14.7 Å². The summed E-state index contributed by atoms with van der Waals surface area (Å²) in [4.78, 5) is 22.0. The van der Waals surface area contributed by atoms with Gasteiger partial charge in [-0.15, -0.1) is 0 Å². The maximum atomic E-state index is 11.0. The fraction of sp³-hybridized carbons (Fsp3) is 0.429. The molecule has 1 amide bonds. The normalized spacial score (nSPS) is 13.9. The molecule has 1 aromatic carbocycles. The zero-order valence-corrected chi connectivity index (χ0v) is 10.8. The van der Waals surface area contributed by atoms with Crippen LogP contribution in [-0.4, -0.2) is 16.8 Å². The van der Waals surface area contributed by atoms with Crippen molar-refractivity contribution >= 4 is 11.7 Å². The summed E-state index contributed by atoms with van der Waals surface area (Å²) in [6.45, 7) is 3.37. The Bertz CT molecular complexity index is 439. The lowest BCUT2D eigenvalue weighted by Gasteiger charge is -2.27. The van der Waals surface area contributed by atoms with E-state index in [0.29, 0.717) is 30.4 Å². The molecule has 0 spiro atoms. The molecule has 1 unspecified atom stereocenters. The van der Waals surface area contributed by atoms with E-state index < -0.39 is 11.5 Å². The predicted molar refractivity (Wildman–Crippen MR) is 69.1 cm³/mol. The van der Waals surface area contributed by atoms with Crippen LogP contribution in [-0.2, 0) is 10.4 Å². The monoisotopic (exact) mass is 249 g/mol. The van der Waals surface area contributed by atoms with Crippen molar-refractivity contribution in [1.29, 1.82) is 0 Å². The van der Waals surface area contributed by atoms with E-state index in [1.165, 1.54) is 6.92 Å². The molecule has 0 aromatic heterocycles. The minimum Gasteiger partial charge on any atom is -0.385 e. The van der Waals surface area contributed by atoms with E-state index in [9.17, 15) is 14.7 Å². The zero-order valence-electron chi connectivity index (χ0n) is 10.8. The first-order valence-corrected chi connectivity index (χ1v) is 6.01. The molecule has 1 atom stereocenters. The summed E-state index contributed by atoms with van der Waals surface area (Å²) >= 11 is 0. The van der Waals surface area contributed by atoms with Gasteiger partial charge >= 0.3 is 0 Å². The first-order chi connectivity index (χ1) is 8.39. The fourth-order valence-corrected chi connectivity index (χ4v) is 1.85. The van der Waals surface area contributed by atoms with Crippen molar-refractivity contribution in [3.63, 3.8) is 0 Å². The van der Waals surface area contributed by atoms with Crippen molar-refractivity contribution in [1.82, 2.24) is 0 Å². The number of benzene rings is 1. The zero-order chi connectivity index (χ0) is 13.8. The van der Waals surface area contributed by atoms with Crippen LogP contribution >= 0.6 is 0 Å². The Morgan fingerprint density at radius 1 is 1.28 bits per heavy atom. The number of rotatable bonds is 6. The van der Waals surface area contributed by atoms with Gasteiger partial charge in [0.05, 0.1) is 5.60 Å². The Kier molecular flexibility index (Phi) is 4.62. The van der Waals surface area contributed by atoms with Gasteiger partial charge in [-0.2, -0.15) is 0 Å². The number of amides is 1. The minimum absolute atomic E-state index is 0.0515. The second-order valence-electron chi connectivity index (χ2n) is 4.53. The predicted octanol–water partition coefficient (Wildman–Crippen LogP) is 1.75. The highest BCUT2D eigenvalue weighted by molar-refractivity contribution is 5.92. The number of ketones is 1. The molecule has 4 heteroatoms. The molecule has 18 heavy (non-hydrogen) atoms. The van der Waals surface area contributed by atoms with Crippen molar-refractivity contribution in [3.05, 3.63) is 35.4 Å². The molecule has 0 fully saturated rings. The van der Waals surface area contributed by atoms with Gasteiger partial charge < -0.3 is 15.6 Å². The topological polar surface area (TPSA) is 80.4 Å². The van der Waals surface area contributed by atoms with Crippen molar-refractivity contribution in [3.8, 4) is 0 Å². The van der Waals surface area contributed by atoms with E-state index in [-0.39, 0.29) is 5.78 Å². The third-order valence-electron chi connectivity index (χ3n) is 3.18. The molecule has 3 N–H and O–H groups in total. The van der Waals surface area contributed by atoms with Crippen LogP contribution in [0, 0.1) is 0 Å². The summed E-state index contributed by atoms with van der Waals surface area (Å²) in [7, 11) is 0. The quantitative estimate of drug-likeness (QED) is 0.806. The molecule has 0 aliphatic carbocycles. The number of aliphatic hydroxyl groups is 1. The lowest BCUT2D eigenvalue weighted by molar-refractivity contribution is -0.118. The molecule has 0 aliphatic heterocycles. The van der Waals surface area contributed by atoms with E-state index >= 15 is 0 Å². The summed E-state index contributed by atoms with van der Waals surface area (Å²) < 4.78 is 0. The van der Waals surface area contributed by atoms with Gasteiger partial charge in [0.2, 0.25) is 5.91 Å². The summed E-state index contributed by atoms with van der Waals surface area (Å²) in [5.74, 6) is -0.444. The third-order valence-corrected chi connectivity index (χ3v) is 3.18. The smallest absolute Gasteiger partial charge is 0.248 e. The summed E-state index contributed by atoms with van der Waals surface area (Å²) in [5.41, 5.74) is 5.24. The van der Waals surface area contributed by atoms with Gasteiger partial charge in [-0.05, 0) is 37.5 Å². The van der Waals surface area contributed by atoms with Gasteiger partial charge in [-0.1, -0.05) is 19.1 Å². The van der Waals surface area contributed by atoms with E-state index in [1.807, 2.05) is 6.92 Å². The Morgan fingerprint density at radius 2 is 1.83 bits per heavy atom. The minimum atomic E-state index is -1.03. The number of Topliss-reactive ketones (excluding diaryl/α,β-unsaturated/α-hetero) is 1. The SMILES string of the molecule is CCC(O)(CCC(C)=O)c1ccc(C(N)=O)cc1. The molecule has 4 nitrogen and oxygen atoms in total. The van der Waals surface area contributed by atoms with Gasteiger partial charge in [0.15, 0.2) is 0 Å². The first kappa shape index (κ1) is 14.4. The van der Waals surface area contributed by atoms with E-state index in [2.05, 4.69) is 0 Å². The first-order valence-electron chi connectivity index (χ1n) is 6.01. The lowest BCUT2D eigenvalue weighted by Crippen LogP contribution is -2.25. The molecule has 0 radical (unpaired) electrons. The second-order valence-corrected chi connectivity index (χ2v) is 4.53. The summed E-state index contributed by atoms with van der Waals surface area (Å²) in [5, 5.41) is 10.5. The summed E-state index contributed by atoms with van der Waals surface area (Å²) in [6, 6.07) is 6.55. The number of nitrogens with two attached hydrogens (primary N) is 1. The van der Waals surface area contributed by atoms with Crippen LogP contribution in [0.5, 0.6) is 0 Å². The fourth-order valence-electron chi connectivity index (χ4n) is 1.85. The number of hydrogen-bond donors (Lipinski definition) is 2. The van der Waals surface area contributed by atoms with Crippen LogP contribution in [0.3, 0.4) is 0 Å². The van der Waals surface area contributed by atoms with E-state index in [4.69, 9.17) is 5.73 Å². The van der Waals surface area contributed by atoms with Crippen LogP contribution in [0.25, 0.3) is 0 Å². The van der Waals surface area contributed by atoms with Crippen molar-refractivity contribution in [2.75, 3.05) is 0 Å². The van der Waals surface area contributed by atoms with Crippen LogP contribution in [0.2, 0.25) is 0 Å². The average molecular weight is 249 g/mol. The van der Waals surface area contributed by atoms with Gasteiger partial charge in [0.25, 0.3) is 0 Å². The van der Waals surface area contributed by atoms with Gasteiger partial charge in [-0.3, -0.25) is 4.79 Å².